The number of aliphatic hydroxyl groups excluding tert-OH is 1. The number of hydrogen-bond donors (Lipinski definition) is 3. The molecule has 0 heterocycles. The number of nitrogens with one attached hydrogen (secondary N) is 1. The van der Waals surface area contributed by atoms with Crippen LogP contribution in [0.4, 0.5) is 0 Å². The van der Waals surface area contributed by atoms with E-state index >= 15 is 0 Å². The van der Waals surface area contributed by atoms with Crippen molar-refractivity contribution in [2.45, 2.75) is 25.3 Å². The highest BCUT2D eigenvalue weighted by molar-refractivity contribution is 5.67. The molecule has 0 spiro atoms. The van der Waals surface area contributed by atoms with E-state index in [-0.39, 0.29) is 19.1 Å². The van der Waals surface area contributed by atoms with Gasteiger partial charge in [0.05, 0.1) is 20.6 Å². The molecule has 0 amide bonds. The lowest BCUT2D eigenvalue weighted by Crippen LogP contribution is -2.34. The first-order chi connectivity index (χ1) is 10.1. The van der Waals surface area contributed by atoms with Gasteiger partial charge in [0, 0.05) is 18.7 Å². The zero-order chi connectivity index (χ0) is 15.7. The average Bonchev–Trinajstić information content (AvgIpc) is 2.47. The number of methoxy groups -OCH3 is 2. The van der Waals surface area contributed by atoms with Crippen molar-refractivity contribution < 1.29 is 24.5 Å². The molecule has 0 aliphatic heterocycles. The van der Waals surface area contributed by atoms with Crippen LogP contribution in [0.15, 0.2) is 18.2 Å². The van der Waals surface area contributed by atoms with Crippen LogP contribution in [0.3, 0.4) is 0 Å². The fourth-order valence-corrected chi connectivity index (χ4v) is 2.10. The summed E-state index contributed by atoms with van der Waals surface area (Å²) in [5.74, 6) is 0.510. The molecule has 3 N–H and O–H groups in total. The van der Waals surface area contributed by atoms with E-state index in [1.807, 2.05) is 12.1 Å². The summed E-state index contributed by atoms with van der Waals surface area (Å²) in [6, 6.07) is 5.26. The first-order valence-corrected chi connectivity index (χ1v) is 6.87. The van der Waals surface area contributed by atoms with Gasteiger partial charge in [-0.25, -0.2) is 0 Å². The number of aliphatic carboxylic acids is 1. The van der Waals surface area contributed by atoms with Crippen LogP contribution in [0, 0.1) is 0 Å². The summed E-state index contributed by atoms with van der Waals surface area (Å²) in [5.41, 5.74) is 0.918. The van der Waals surface area contributed by atoms with Crippen molar-refractivity contribution in [2.75, 3.05) is 27.4 Å². The summed E-state index contributed by atoms with van der Waals surface area (Å²) in [7, 11) is 3.15. The second-order valence-corrected chi connectivity index (χ2v) is 4.71. The van der Waals surface area contributed by atoms with Crippen LogP contribution in [0.2, 0.25) is 0 Å². The van der Waals surface area contributed by atoms with E-state index < -0.39 is 5.97 Å². The van der Waals surface area contributed by atoms with Gasteiger partial charge >= 0.3 is 5.97 Å². The van der Waals surface area contributed by atoms with Crippen LogP contribution in [0.1, 0.15) is 18.4 Å². The standard InChI is InChI=1S/C15H23NO5/c1-20-13-5-4-11(14(10-13)21-2)8-12(9-15(18)19)16-6-3-7-17/h4-5,10,12,16-17H,3,6-9H2,1-2H3,(H,18,19). The molecule has 0 aromatic heterocycles. The Kier molecular flexibility index (Phi) is 7.56. The Morgan fingerprint density at radius 3 is 2.67 bits per heavy atom. The Morgan fingerprint density at radius 1 is 1.33 bits per heavy atom. The van der Waals surface area contributed by atoms with Crippen LogP contribution in [0.25, 0.3) is 0 Å². The number of carboxylic acids is 1. The number of carboxylic acid groups (broad SMARTS) is 1. The number of carbonyl (C=O) groups is 1. The molecule has 0 saturated heterocycles. The fraction of sp³-hybridized carbons (Fsp3) is 0.533. The van der Waals surface area contributed by atoms with Gasteiger partial charge in [0.25, 0.3) is 0 Å². The topological polar surface area (TPSA) is 88.0 Å². The van der Waals surface area contributed by atoms with Gasteiger partial charge in [0.1, 0.15) is 11.5 Å². The number of hydrogen-bond acceptors (Lipinski definition) is 5. The Hall–Kier alpha value is -1.79. The van der Waals surface area contributed by atoms with Gasteiger partial charge in [0.15, 0.2) is 0 Å². The van der Waals surface area contributed by atoms with E-state index in [9.17, 15) is 4.79 Å². The Balaban J connectivity index is 2.78. The Morgan fingerprint density at radius 2 is 2.10 bits per heavy atom. The van der Waals surface area contributed by atoms with Crippen molar-refractivity contribution in [3.8, 4) is 11.5 Å². The smallest absolute Gasteiger partial charge is 0.304 e. The van der Waals surface area contributed by atoms with Crippen LogP contribution in [-0.2, 0) is 11.2 Å². The highest BCUT2D eigenvalue weighted by Crippen LogP contribution is 2.26. The molecule has 6 nitrogen and oxygen atoms in total. The number of aliphatic hydroxyl groups is 1. The van der Waals surface area contributed by atoms with Crippen LogP contribution < -0.4 is 14.8 Å². The zero-order valence-electron chi connectivity index (χ0n) is 12.5. The minimum absolute atomic E-state index is 0.0145. The van der Waals surface area contributed by atoms with E-state index in [0.717, 1.165) is 5.56 Å². The molecule has 1 rings (SSSR count). The minimum Gasteiger partial charge on any atom is -0.497 e. The van der Waals surface area contributed by atoms with Crippen LogP contribution in [-0.4, -0.2) is 49.6 Å². The monoisotopic (exact) mass is 297 g/mol. The maximum absolute atomic E-state index is 10.9. The van der Waals surface area contributed by atoms with E-state index in [0.29, 0.717) is 30.9 Å². The highest BCUT2D eigenvalue weighted by atomic mass is 16.5. The van der Waals surface area contributed by atoms with Crippen LogP contribution >= 0.6 is 0 Å². The summed E-state index contributed by atoms with van der Waals surface area (Å²) in [6.45, 7) is 0.658. The fourth-order valence-electron chi connectivity index (χ4n) is 2.10. The van der Waals surface area contributed by atoms with Gasteiger partial charge in [-0.05, 0) is 31.0 Å². The molecule has 0 saturated carbocycles. The predicted octanol–water partition coefficient (Wildman–Crippen LogP) is 1.06. The molecule has 0 aliphatic carbocycles. The lowest BCUT2D eigenvalue weighted by Gasteiger charge is -2.18. The highest BCUT2D eigenvalue weighted by Gasteiger charge is 2.16. The lowest BCUT2D eigenvalue weighted by molar-refractivity contribution is -0.137. The Labute approximate surface area is 124 Å². The maximum Gasteiger partial charge on any atom is 0.304 e. The second-order valence-electron chi connectivity index (χ2n) is 4.71. The minimum atomic E-state index is -0.857. The summed E-state index contributed by atoms with van der Waals surface area (Å²) in [6.07, 6.45) is 1.14. The summed E-state index contributed by atoms with van der Waals surface area (Å²) >= 11 is 0. The zero-order valence-corrected chi connectivity index (χ0v) is 12.5. The largest absolute Gasteiger partial charge is 0.497 e. The predicted molar refractivity (Wildman–Crippen MR) is 79.0 cm³/mol. The molecule has 118 valence electrons. The van der Waals surface area contributed by atoms with Crippen molar-refractivity contribution in [1.29, 1.82) is 0 Å². The molecule has 1 unspecified atom stereocenters. The molecule has 6 heteroatoms. The first-order valence-electron chi connectivity index (χ1n) is 6.87. The normalized spacial score (nSPS) is 12.0. The van der Waals surface area contributed by atoms with Crippen LogP contribution in [0.5, 0.6) is 11.5 Å². The third-order valence-electron chi connectivity index (χ3n) is 3.15. The third kappa shape index (κ3) is 6.01. The van der Waals surface area contributed by atoms with Crippen molar-refractivity contribution >= 4 is 5.97 Å². The third-order valence-corrected chi connectivity index (χ3v) is 3.15. The number of ether oxygens (including phenoxy) is 2. The average molecular weight is 297 g/mol. The van der Waals surface area contributed by atoms with E-state index in [1.54, 1.807) is 20.3 Å². The molecule has 1 aromatic rings. The van der Waals surface area contributed by atoms with Gasteiger partial charge in [-0.3, -0.25) is 4.79 Å². The lowest BCUT2D eigenvalue weighted by atomic mass is 10.0. The number of rotatable bonds is 10. The van der Waals surface area contributed by atoms with Crippen molar-refractivity contribution in [1.82, 2.24) is 5.32 Å². The molecular weight excluding hydrogens is 274 g/mol. The van der Waals surface area contributed by atoms with E-state index in [1.165, 1.54) is 0 Å². The summed E-state index contributed by atoms with van der Waals surface area (Å²) in [4.78, 5) is 10.9. The molecular formula is C15H23NO5. The molecule has 0 aliphatic rings. The molecule has 1 atom stereocenters. The van der Waals surface area contributed by atoms with Gasteiger partial charge in [-0.15, -0.1) is 0 Å². The SMILES string of the molecule is COc1ccc(CC(CC(=O)O)NCCCO)c(OC)c1. The first kappa shape index (κ1) is 17.3. The Bertz CT molecular complexity index is 450. The maximum atomic E-state index is 10.9. The molecule has 0 fully saturated rings. The quantitative estimate of drug-likeness (QED) is 0.560. The molecule has 21 heavy (non-hydrogen) atoms. The van der Waals surface area contributed by atoms with Crippen molar-refractivity contribution in [3.05, 3.63) is 23.8 Å². The summed E-state index contributed by atoms with van der Waals surface area (Å²) in [5, 5.41) is 20.9. The molecule has 1 aromatic carbocycles. The van der Waals surface area contributed by atoms with Gasteiger partial charge < -0.3 is 25.0 Å². The second kappa shape index (κ2) is 9.20. The molecule has 0 radical (unpaired) electrons. The summed E-state index contributed by atoms with van der Waals surface area (Å²) < 4.78 is 10.5. The van der Waals surface area contributed by atoms with Crippen molar-refractivity contribution in [2.24, 2.45) is 0 Å². The van der Waals surface area contributed by atoms with Gasteiger partial charge in [0.2, 0.25) is 0 Å². The van der Waals surface area contributed by atoms with Crippen molar-refractivity contribution in [3.63, 3.8) is 0 Å². The number of benzene rings is 1. The van der Waals surface area contributed by atoms with Gasteiger partial charge in [-0.2, -0.15) is 0 Å². The molecule has 0 bridgehead atoms. The van der Waals surface area contributed by atoms with E-state index in [4.69, 9.17) is 19.7 Å². The van der Waals surface area contributed by atoms with Gasteiger partial charge in [-0.1, -0.05) is 6.07 Å². The van der Waals surface area contributed by atoms with E-state index in [2.05, 4.69) is 5.32 Å².